The molecule has 0 fully saturated rings. The minimum atomic E-state index is -0.683. The second-order valence-electron chi connectivity index (χ2n) is 4.70. The molecule has 3 amide bonds. The third kappa shape index (κ3) is 5.55. The Kier molecular flexibility index (Phi) is 5.87. The Morgan fingerprint density at radius 2 is 1.83 bits per heavy atom. The highest BCUT2D eigenvalue weighted by molar-refractivity contribution is 7.13. The van der Waals surface area contributed by atoms with Crippen LogP contribution in [0.5, 0.6) is 0 Å². The standard InChI is InChI=1S/C16H16N2O4S/c1-11-7-8-13(23-11)15(20)22-10-14(19)18-16(21)17-9-12-5-3-2-4-6-12/h2-8H,9-10H2,1H3,(H2,17,18,19,21). The third-order valence-corrected chi connectivity index (χ3v) is 3.81. The Bertz CT molecular complexity index is 697. The van der Waals surface area contributed by atoms with Gasteiger partial charge in [-0.15, -0.1) is 11.3 Å². The van der Waals surface area contributed by atoms with Crippen molar-refractivity contribution < 1.29 is 19.1 Å². The number of carbonyl (C=O) groups is 3. The molecule has 2 rings (SSSR count). The smallest absolute Gasteiger partial charge is 0.348 e. The Morgan fingerprint density at radius 1 is 1.09 bits per heavy atom. The molecule has 0 unspecified atom stereocenters. The van der Waals surface area contributed by atoms with Gasteiger partial charge in [0.05, 0.1) is 0 Å². The molecule has 2 aromatic rings. The molecule has 2 N–H and O–H groups in total. The van der Waals surface area contributed by atoms with E-state index in [-0.39, 0.29) is 0 Å². The molecule has 1 aromatic carbocycles. The largest absolute Gasteiger partial charge is 0.451 e. The zero-order valence-corrected chi connectivity index (χ0v) is 13.3. The van der Waals surface area contributed by atoms with E-state index in [1.807, 2.05) is 37.3 Å². The third-order valence-electron chi connectivity index (χ3n) is 2.82. The zero-order chi connectivity index (χ0) is 16.7. The van der Waals surface area contributed by atoms with E-state index in [1.165, 1.54) is 11.3 Å². The number of imide groups is 1. The Hall–Kier alpha value is -2.67. The van der Waals surface area contributed by atoms with Crippen LogP contribution in [0, 0.1) is 6.92 Å². The van der Waals surface area contributed by atoms with Crippen LogP contribution < -0.4 is 10.6 Å². The van der Waals surface area contributed by atoms with Gasteiger partial charge in [0.25, 0.3) is 5.91 Å². The van der Waals surface area contributed by atoms with Crippen molar-refractivity contribution in [3.05, 3.63) is 57.8 Å². The molecule has 0 bridgehead atoms. The van der Waals surface area contributed by atoms with Crippen molar-refractivity contribution in [1.29, 1.82) is 0 Å². The van der Waals surface area contributed by atoms with Crippen molar-refractivity contribution in [3.63, 3.8) is 0 Å². The van der Waals surface area contributed by atoms with E-state index in [1.54, 1.807) is 12.1 Å². The first-order valence-corrected chi connectivity index (χ1v) is 7.71. The van der Waals surface area contributed by atoms with Gasteiger partial charge < -0.3 is 10.1 Å². The normalized spacial score (nSPS) is 9.96. The summed E-state index contributed by atoms with van der Waals surface area (Å²) in [6, 6.07) is 12.1. The van der Waals surface area contributed by atoms with Gasteiger partial charge in [-0.05, 0) is 24.6 Å². The average Bonchev–Trinajstić information content (AvgIpc) is 2.98. The van der Waals surface area contributed by atoms with Crippen LogP contribution in [0.25, 0.3) is 0 Å². The van der Waals surface area contributed by atoms with Crippen molar-refractivity contribution in [2.45, 2.75) is 13.5 Å². The van der Waals surface area contributed by atoms with Gasteiger partial charge in [0.15, 0.2) is 6.61 Å². The van der Waals surface area contributed by atoms with E-state index >= 15 is 0 Å². The number of hydrogen-bond acceptors (Lipinski definition) is 5. The number of hydrogen-bond donors (Lipinski definition) is 2. The second-order valence-corrected chi connectivity index (χ2v) is 5.99. The number of carbonyl (C=O) groups excluding carboxylic acids is 3. The van der Waals surface area contributed by atoms with E-state index < -0.39 is 24.5 Å². The summed E-state index contributed by atoms with van der Waals surface area (Å²) in [5, 5.41) is 4.64. The van der Waals surface area contributed by atoms with Gasteiger partial charge in [-0.2, -0.15) is 0 Å². The van der Waals surface area contributed by atoms with E-state index in [9.17, 15) is 14.4 Å². The predicted molar refractivity (Wildman–Crippen MR) is 86.2 cm³/mol. The monoisotopic (exact) mass is 332 g/mol. The summed E-state index contributed by atoms with van der Waals surface area (Å²) in [6.07, 6.45) is 0. The van der Waals surface area contributed by atoms with Crippen LogP contribution in [-0.4, -0.2) is 24.5 Å². The van der Waals surface area contributed by atoms with E-state index in [4.69, 9.17) is 4.74 Å². The summed E-state index contributed by atoms with van der Waals surface area (Å²) >= 11 is 1.28. The summed E-state index contributed by atoms with van der Waals surface area (Å²) < 4.78 is 4.85. The molecule has 7 heteroatoms. The number of amides is 3. The first-order chi connectivity index (χ1) is 11.0. The Morgan fingerprint density at radius 3 is 2.48 bits per heavy atom. The van der Waals surface area contributed by atoms with Crippen LogP contribution in [0.1, 0.15) is 20.1 Å². The first kappa shape index (κ1) is 16.7. The molecule has 0 saturated heterocycles. The predicted octanol–water partition coefficient (Wildman–Crippen LogP) is 2.24. The minimum Gasteiger partial charge on any atom is -0.451 e. The van der Waals surface area contributed by atoms with Crippen molar-refractivity contribution >= 4 is 29.2 Å². The highest BCUT2D eigenvalue weighted by Crippen LogP contribution is 2.15. The van der Waals surface area contributed by atoms with Crippen LogP contribution in [0.15, 0.2) is 42.5 Å². The summed E-state index contributed by atoms with van der Waals surface area (Å²) in [4.78, 5) is 36.2. The summed E-state index contributed by atoms with van der Waals surface area (Å²) in [6.45, 7) is 1.66. The molecule has 0 spiro atoms. The summed E-state index contributed by atoms with van der Waals surface area (Å²) in [5.41, 5.74) is 0.912. The number of nitrogens with one attached hydrogen (secondary N) is 2. The molecule has 0 aliphatic carbocycles. The molecule has 0 aliphatic heterocycles. The van der Waals surface area contributed by atoms with Gasteiger partial charge in [-0.1, -0.05) is 30.3 Å². The van der Waals surface area contributed by atoms with Crippen molar-refractivity contribution in [2.24, 2.45) is 0 Å². The van der Waals surface area contributed by atoms with Crippen LogP contribution >= 0.6 is 11.3 Å². The fraction of sp³-hybridized carbons (Fsp3) is 0.188. The number of thiophene rings is 1. The average molecular weight is 332 g/mol. The first-order valence-electron chi connectivity index (χ1n) is 6.90. The maximum Gasteiger partial charge on any atom is 0.348 e. The molecule has 0 atom stereocenters. The topological polar surface area (TPSA) is 84.5 Å². The number of esters is 1. The lowest BCUT2D eigenvalue weighted by Gasteiger charge is -2.07. The number of urea groups is 1. The lowest BCUT2D eigenvalue weighted by atomic mass is 10.2. The van der Waals surface area contributed by atoms with Gasteiger partial charge in [-0.3, -0.25) is 10.1 Å². The SMILES string of the molecule is Cc1ccc(C(=O)OCC(=O)NC(=O)NCc2ccccc2)s1. The van der Waals surface area contributed by atoms with Crippen molar-refractivity contribution in [3.8, 4) is 0 Å². The number of aryl methyl sites for hydroxylation is 1. The van der Waals surface area contributed by atoms with E-state index in [2.05, 4.69) is 10.6 Å². The number of ether oxygens (including phenoxy) is 1. The van der Waals surface area contributed by atoms with Gasteiger partial charge in [0, 0.05) is 11.4 Å². The molecule has 0 saturated carbocycles. The van der Waals surface area contributed by atoms with Gasteiger partial charge in [0.2, 0.25) is 0 Å². The van der Waals surface area contributed by atoms with Crippen LogP contribution in [0.3, 0.4) is 0 Å². The molecule has 1 aromatic heterocycles. The van der Waals surface area contributed by atoms with Crippen LogP contribution in [0.4, 0.5) is 4.79 Å². The number of rotatable bonds is 5. The fourth-order valence-corrected chi connectivity index (χ4v) is 2.49. The molecular formula is C16H16N2O4S. The zero-order valence-electron chi connectivity index (χ0n) is 12.5. The van der Waals surface area contributed by atoms with Crippen LogP contribution in [0.2, 0.25) is 0 Å². The molecule has 6 nitrogen and oxygen atoms in total. The minimum absolute atomic E-state index is 0.300. The van der Waals surface area contributed by atoms with Crippen LogP contribution in [-0.2, 0) is 16.1 Å². The maximum atomic E-state index is 11.7. The van der Waals surface area contributed by atoms with Gasteiger partial charge >= 0.3 is 12.0 Å². The summed E-state index contributed by atoms with van der Waals surface area (Å²) in [5.74, 6) is -1.26. The maximum absolute atomic E-state index is 11.7. The van der Waals surface area contributed by atoms with Gasteiger partial charge in [0.1, 0.15) is 4.88 Å². The van der Waals surface area contributed by atoms with E-state index in [0.29, 0.717) is 11.4 Å². The van der Waals surface area contributed by atoms with Gasteiger partial charge in [-0.25, -0.2) is 9.59 Å². The molecule has 0 radical (unpaired) electrons. The van der Waals surface area contributed by atoms with Crippen molar-refractivity contribution in [1.82, 2.24) is 10.6 Å². The Balaban J connectivity index is 1.69. The summed E-state index contributed by atoms with van der Waals surface area (Å²) in [7, 11) is 0. The lowest BCUT2D eigenvalue weighted by molar-refractivity contribution is -0.123. The molecule has 120 valence electrons. The molecule has 23 heavy (non-hydrogen) atoms. The molecular weight excluding hydrogens is 316 g/mol. The molecule has 0 aliphatic rings. The lowest BCUT2D eigenvalue weighted by Crippen LogP contribution is -2.41. The second kappa shape index (κ2) is 8.09. The van der Waals surface area contributed by atoms with E-state index in [0.717, 1.165) is 10.4 Å². The quantitative estimate of drug-likeness (QED) is 0.823. The highest BCUT2D eigenvalue weighted by Gasteiger charge is 2.13. The molecule has 1 heterocycles. The van der Waals surface area contributed by atoms with Crippen molar-refractivity contribution in [2.75, 3.05) is 6.61 Å². The fourth-order valence-electron chi connectivity index (χ4n) is 1.73. The number of benzene rings is 1. The Labute approximate surface area is 137 Å². The highest BCUT2D eigenvalue weighted by atomic mass is 32.1.